The Hall–Kier alpha value is -2.65. The summed E-state index contributed by atoms with van der Waals surface area (Å²) in [5, 5.41) is 23.1. The van der Waals surface area contributed by atoms with Gasteiger partial charge in [0.25, 0.3) is 5.91 Å². The van der Waals surface area contributed by atoms with Crippen LogP contribution < -0.4 is 21.1 Å². The Kier molecular flexibility index (Phi) is 10.3. The standard InChI is InChI=1S/C21H33N3O6/c1-12(2)9-16(20(27)24-17(10-25)21(28)29)23-19(26)14-7-5-6-8-18(14)30-11-15(22)13(3)4/h5-8,12-13,15-17,25H,9-11,22H2,1-4H3,(H,23,26)(H,24,27)(H,28,29)/t15-,16+,17+/m1/s1. The molecule has 3 atom stereocenters. The van der Waals surface area contributed by atoms with Crippen LogP contribution in [0.15, 0.2) is 24.3 Å². The third-order valence-electron chi connectivity index (χ3n) is 4.55. The molecule has 9 nitrogen and oxygen atoms in total. The van der Waals surface area contributed by atoms with Crippen LogP contribution in [0, 0.1) is 11.8 Å². The van der Waals surface area contributed by atoms with Crippen molar-refractivity contribution in [1.29, 1.82) is 0 Å². The molecule has 0 fully saturated rings. The van der Waals surface area contributed by atoms with E-state index in [1.54, 1.807) is 24.3 Å². The minimum atomic E-state index is -1.45. The minimum Gasteiger partial charge on any atom is -0.491 e. The van der Waals surface area contributed by atoms with E-state index in [1.165, 1.54) is 0 Å². The maximum absolute atomic E-state index is 12.9. The predicted molar refractivity (Wildman–Crippen MR) is 112 cm³/mol. The lowest BCUT2D eigenvalue weighted by Crippen LogP contribution is -2.53. The highest BCUT2D eigenvalue weighted by atomic mass is 16.5. The number of nitrogens with one attached hydrogen (secondary N) is 2. The molecule has 168 valence electrons. The lowest BCUT2D eigenvalue weighted by atomic mass is 10.0. The Morgan fingerprint density at radius 3 is 2.23 bits per heavy atom. The molecule has 0 saturated heterocycles. The predicted octanol–water partition coefficient (Wildman–Crippen LogP) is 0.755. The van der Waals surface area contributed by atoms with Gasteiger partial charge in [-0.25, -0.2) is 4.79 Å². The summed E-state index contributed by atoms with van der Waals surface area (Å²) in [6, 6.07) is 3.99. The van der Waals surface area contributed by atoms with Crippen molar-refractivity contribution >= 4 is 17.8 Å². The lowest BCUT2D eigenvalue weighted by Gasteiger charge is -2.23. The SMILES string of the molecule is CC(C)C[C@H](NC(=O)c1ccccc1OC[C@@H](N)C(C)C)C(=O)N[C@@H](CO)C(=O)O. The van der Waals surface area contributed by atoms with Gasteiger partial charge in [-0.1, -0.05) is 39.8 Å². The van der Waals surface area contributed by atoms with E-state index in [9.17, 15) is 14.4 Å². The van der Waals surface area contributed by atoms with Gasteiger partial charge in [-0.2, -0.15) is 0 Å². The summed E-state index contributed by atoms with van der Waals surface area (Å²) < 4.78 is 5.72. The number of ether oxygens (including phenoxy) is 1. The number of para-hydroxylation sites is 1. The van der Waals surface area contributed by atoms with Gasteiger partial charge in [-0.15, -0.1) is 0 Å². The first kappa shape index (κ1) is 25.4. The number of aliphatic hydroxyl groups is 1. The molecule has 0 saturated carbocycles. The van der Waals surface area contributed by atoms with Crippen LogP contribution in [0.4, 0.5) is 0 Å². The van der Waals surface area contributed by atoms with Gasteiger partial charge in [0, 0.05) is 6.04 Å². The molecule has 0 aromatic heterocycles. The van der Waals surface area contributed by atoms with Crippen LogP contribution in [-0.2, 0) is 9.59 Å². The van der Waals surface area contributed by atoms with Crippen molar-refractivity contribution in [3.8, 4) is 5.75 Å². The van der Waals surface area contributed by atoms with E-state index in [2.05, 4.69) is 10.6 Å². The number of hydrogen-bond acceptors (Lipinski definition) is 6. The molecule has 6 N–H and O–H groups in total. The van der Waals surface area contributed by atoms with Crippen LogP contribution >= 0.6 is 0 Å². The maximum Gasteiger partial charge on any atom is 0.328 e. The fourth-order valence-corrected chi connectivity index (χ4v) is 2.56. The van der Waals surface area contributed by atoms with E-state index in [4.69, 9.17) is 20.7 Å². The number of rotatable bonds is 12. The Bertz CT molecular complexity index is 722. The molecule has 2 amide bonds. The topological polar surface area (TPSA) is 151 Å². The Labute approximate surface area is 177 Å². The number of hydrogen-bond donors (Lipinski definition) is 5. The number of amides is 2. The first-order chi connectivity index (χ1) is 14.1. The van der Waals surface area contributed by atoms with Gasteiger partial charge >= 0.3 is 5.97 Å². The fourth-order valence-electron chi connectivity index (χ4n) is 2.56. The maximum atomic E-state index is 12.9. The molecular weight excluding hydrogens is 390 g/mol. The van der Waals surface area contributed by atoms with Crippen molar-refractivity contribution in [2.45, 2.75) is 52.2 Å². The number of carbonyl (C=O) groups is 3. The number of carboxylic acids is 1. The molecule has 0 aliphatic rings. The van der Waals surface area contributed by atoms with E-state index in [-0.39, 0.29) is 36.5 Å². The molecule has 1 rings (SSSR count). The Morgan fingerprint density at radius 1 is 1.07 bits per heavy atom. The van der Waals surface area contributed by atoms with Crippen molar-refractivity contribution in [1.82, 2.24) is 10.6 Å². The van der Waals surface area contributed by atoms with Crippen LogP contribution in [0.2, 0.25) is 0 Å². The number of aliphatic hydroxyl groups excluding tert-OH is 1. The normalized spacial score (nSPS) is 14.1. The van der Waals surface area contributed by atoms with Gasteiger partial charge in [0.2, 0.25) is 5.91 Å². The summed E-state index contributed by atoms with van der Waals surface area (Å²) in [4.78, 5) is 36.5. The van der Waals surface area contributed by atoms with Gasteiger partial charge in [0.1, 0.15) is 24.4 Å². The van der Waals surface area contributed by atoms with Crippen molar-refractivity contribution in [3.05, 3.63) is 29.8 Å². The first-order valence-corrected chi connectivity index (χ1v) is 9.99. The van der Waals surface area contributed by atoms with Crippen molar-refractivity contribution < 1.29 is 29.3 Å². The Balaban J connectivity index is 2.96. The van der Waals surface area contributed by atoms with E-state index < -0.39 is 36.5 Å². The van der Waals surface area contributed by atoms with Crippen molar-refractivity contribution in [2.75, 3.05) is 13.2 Å². The highest BCUT2D eigenvalue weighted by Crippen LogP contribution is 2.19. The van der Waals surface area contributed by atoms with E-state index in [0.29, 0.717) is 5.75 Å². The molecule has 9 heteroatoms. The number of carboxylic acid groups (broad SMARTS) is 1. The summed E-state index contributed by atoms with van der Waals surface area (Å²) >= 11 is 0. The van der Waals surface area contributed by atoms with Crippen LogP contribution in [0.25, 0.3) is 0 Å². The molecule has 0 aliphatic heterocycles. The van der Waals surface area contributed by atoms with Crippen molar-refractivity contribution in [2.24, 2.45) is 17.6 Å². The summed E-state index contributed by atoms with van der Waals surface area (Å²) in [5.41, 5.74) is 6.25. The fraction of sp³-hybridized carbons (Fsp3) is 0.571. The monoisotopic (exact) mass is 423 g/mol. The molecule has 0 spiro atoms. The second kappa shape index (κ2) is 12.1. The zero-order chi connectivity index (χ0) is 22.8. The highest BCUT2D eigenvalue weighted by molar-refractivity contribution is 6.00. The number of benzene rings is 1. The van der Waals surface area contributed by atoms with Crippen LogP contribution in [0.1, 0.15) is 44.5 Å². The van der Waals surface area contributed by atoms with Gasteiger partial charge in [-0.3, -0.25) is 9.59 Å². The van der Waals surface area contributed by atoms with Crippen molar-refractivity contribution in [3.63, 3.8) is 0 Å². The second-order valence-electron chi connectivity index (χ2n) is 7.95. The van der Waals surface area contributed by atoms with E-state index >= 15 is 0 Å². The number of aliphatic carboxylic acids is 1. The van der Waals surface area contributed by atoms with E-state index in [1.807, 2.05) is 27.7 Å². The number of nitrogens with two attached hydrogens (primary N) is 1. The summed E-state index contributed by atoms with van der Waals surface area (Å²) in [5.74, 6) is -1.97. The molecule has 0 unspecified atom stereocenters. The minimum absolute atomic E-state index is 0.0500. The molecule has 0 aliphatic carbocycles. The third kappa shape index (κ3) is 8.00. The largest absolute Gasteiger partial charge is 0.491 e. The van der Waals surface area contributed by atoms with Gasteiger partial charge in [0.05, 0.1) is 12.2 Å². The third-order valence-corrected chi connectivity index (χ3v) is 4.55. The van der Waals surface area contributed by atoms with Gasteiger partial charge < -0.3 is 31.3 Å². The average Bonchev–Trinajstić information content (AvgIpc) is 2.68. The highest BCUT2D eigenvalue weighted by Gasteiger charge is 2.28. The zero-order valence-electron chi connectivity index (χ0n) is 17.9. The Morgan fingerprint density at radius 2 is 1.70 bits per heavy atom. The summed E-state index contributed by atoms with van der Waals surface area (Å²) in [6.07, 6.45) is 0.288. The number of carbonyl (C=O) groups excluding carboxylic acids is 2. The zero-order valence-corrected chi connectivity index (χ0v) is 17.9. The molecule has 0 bridgehead atoms. The van der Waals surface area contributed by atoms with E-state index in [0.717, 1.165) is 0 Å². The van der Waals surface area contributed by atoms with Crippen LogP contribution in [0.5, 0.6) is 5.75 Å². The molecular formula is C21H33N3O6. The smallest absolute Gasteiger partial charge is 0.328 e. The summed E-state index contributed by atoms with van der Waals surface area (Å²) in [6.45, 7) is 7.16. The molecule has 0 heterocycles. The quantitative estimate of drug-likeness (QED) is 0.333. The average molecular weight is 424 g/mol. The molecule has 30 heavy (non-hydrogen) atoms. The first-order valence-electron chi connectivity index (χ1n) is 9.99. The van der Waals surface area contributed by atoms with Crippen LogP contribution in [0.3, 0.4) is 0 Å². The lowest BCUT2D eigenvalue weighted by molar-refractivity contribution is -0.143. The molecule has 1 aromatic rings. The second-order valence-corrected chi connectivity index (χ2v) is 7.95. The summed E-state index contributed by atoms with van der Waals surface area (Å²) in [7, 11) is 0. The van der Waals surface area contributed by atoms with Gasteiger partial charge in [0.15, 0.2) is 0 Å². The van der Waals surface area contributed by atoms with Crippen LogP contribution in [-0.4, -0.2) is 59.3 Å². The molecule has 0 radical (unpaired) electrons. The molecule has 1 aromatic carbocycles. The van der Waals surface area contributed by atoms with Gasteiger partial charge in [-0.05, 0) is 30.4 Å².